The lowest BCUT2D eigenvalue weighted by atomic mass is 10.1. The van der Waals surface area contributed by atoms with Crippen LogP contribution in [0.25, 0.3) is 0 Å². The highest BCUT2D eigenvalue weighted by Crippen LogP contribution is 2.20. The molecule has 0 radical (unpaired) electrons. The second-order valence-electron chi connectivity index (χ2n) is 8.27. The van der Waals surface area contributed by atoms with Crippen molar-refractivity contribution < 1.29 is 14.3 Å². The molecule has 1 N–H and O–H groups in total. The Morgan fingerprint density at radius 3 is 2.35 bits per heavy atom. The van der Waals surface area contributed by atoms with Crippen LogP contribution in [0.2, 0.25) is 5.02 Å². The van der Waals surface area contributed by atoms with Gasteiger partial charge in [-0.2, -0.15) is 0 Å². The number of rotatable bonds is 10. The number of nitrogens with zero attached hydrogens (tertiary/aromatic N) is 1. The van der Waals surface area contributed by atoms with E-state index in [0.717, 1.165) is 16.7 Å². The largest absolute Gasteiger partial charge is 0.483 e. The number of carbonyl (C=O) groups is 2. The molecule has 2 amide bonds. The summed E-state index contributed by atoms with van der Waals surface area (Å²) in [6.07, 6.45) is 0.507. The molecule has 0 aliphatic heterocycles. The van der Waals surface area contributed by atoms with Crippen LogP contribution in [0, 0.1) is 19.8 Å². The first-order valence-corrected chi connectivity index (χ1v) is 11.1. The zero-order chi connectivity index (χ0) is 23.0. The van der Waals surface area contributed by atoms with Crippen molar-refractivity contribution in [3.05, 3.63) is 64.2 Å². The monoisotopic (exact) mass is 444 g/mol. The minimum absolute atomic E-state index is 0.133. The number of halogens is 1. The Kier molecular flexibility index (Phi) is 9.38. The van der Waals surface area contributed by atoms with Gasteiger partial charge >= 0.3 is 0 Å². The van der Waals surface area contributed by atoms with E-state index in [1.807, 2.05) is 65.0 Å². The van der Waals surface area contributed by atoms with Crippen molar-refractivity contribution in [3.63, 3.8) is 0 Å². The van der Waals surface area contributed by atoms with Gasteiger partial charge < -0.3 is 15.0 Å². The van der Waals surface area contributed by atoms with Crippen molar-refractivity contribution in [2.24, 2.45) is 5.92 Å². The Balaban J connectivity index is 2.20. The van der Waals surface area contributed by atoms with Crippen LogP contribution in [-0.4, -0.2) is 35.9 Å². The number of nitrogens with one attached hydrogen (secondary N) is 1. The van der Waals surface area contributed by atoms with Crippen molar-refractivity contribution in [1.82, 2.24) is 10.2 Å². The van der Waals surface area contributed by atoms with Crippen LogP contribution < -0.4 is 10.1 Å². The molecule has 6 heteroatoms. The average Bonchev–Trinajstić information content (AvgIpc) is 2.72. The number of carbonyl (C=O) groups excluding carboxylic acids is 2. The van der Waals surface area contributed by atoms with Gasteiger partial charge in [-0.15, -0.1) is 0 Å². The minimum Gasteiger partial charge on any atom is -0.483 e. The summed E-state index contributed by atoms with van der Waals surface area (Å²) in [5, 5.41) is 3.58. The van der Waals surface area contributed by atoms with E-state index in [9.17, 15) is 9.59 Å². The van der Waals surface area contributed by atoms with Crippen molar-refractivity contribution in [3.8, 4) is 5.75 Å². The van der Waals surface area contributed by atoms with E-state index in [0.29, 0.717) is 36.2 Å². The van der Waals surface area contributed by atoms with Crippen LogP contribution in [0.1, 0.15) is 43.9 Å². The van der Waals surface area contributed by atoms with Crippen LogP contribution in [0.3, 0.4) is 0 Å². The number of amides is 2. The number of aryl methyl sites for hydroxylation is 2. The van der Waals surface area contributed by atoms with Gasteiger partial charge in [0.2, 0.25) is 5.91 Å². The van der Waals surface area contributed by atoms with Crippen LogP contribution in [0.5, 0.6) is 5.75 Å². The van der Waals surface area contributed by atoms with E-state index in [-0.39, 0.29) is 18.4 Å². The summed E-state index contributed by atoms with van der Waals surface area (Å²) in [6.45, 7) is 10.7. The highest BCUT2D eigenvalue weighted by Gasteiger charge is 2.29. The summed E-state index contributed by atoms with van der Waals surface area (Å²) < 4.78 is 5.82. The van der Waals surface area contributed by atoms with Crippen molar-refractivity contribution in [1.29, 1.82) is 0 Å². The van der Waals surface area contributed by atoms with Crippen molar-refractivity contribution in [2.75, 3.05) is 13.2 Å². The number of hydrogen-bond donors (Lipinski definition) is 1. The fraction of sp³-hybridized carbons (Fsp3) is 0.440. The second kappa shape index (κ2) is 11.8. The smallest absolute Gasteiger partial charge is 0.261 e. The summed E-state index contributed by atoms with van der Waals surface area (Å²) in [4.78, 5) is 27.7. The van der Waals surface area contributed by atoms with E-state index in [4.69, 9.17) is 16.3 Å². The average molecular weight is 445 g/mol. The molecule has 0 bridgehead atoms. The molecule has 0 saturated heterocycles. The van der Waals surface area contributed by atoms with E-state index in [1.165, 1.54) is 0 Å². The zero-order valence-corrected chi connectivity index (χ0v) is 19.8. The van der Waals surface area contributed by atoms with Gasteiger partial charge in [0.25, 0.3) is 5.91 Å². The maximum Gasteiger partial charge on any atom is 0.261 e. The lowest BCUT2D eigenvalue weighted by molar-refractivity contribution is -0.143. The van der Waals surface area contributed by atoms with E-state index in [1.54, 1.807) is 17.0 Å². The summed E-state index contributed by atoms with van der Waals surface area (Å²) in [5.41, 5.74) is 3.01. The topological polar surface area (TPSA) is 58.6 Å². The van der Waals surface area contributed by atoms with Crippen molar-refractivity contribution >= 4 is 23.4 Å². The number of hydrogen-bond acceptors (Lipinski definition) is 3. The third-order valence-corrected chi connectivity index (χ3v) is 5.27. The molecule has 0 spiro atoms. The second-order valence-corrected chi connectivity index (χ2v) is 8.71. The quantitative estimate of drug-likeness (QED) is 0.566. The predicted molar refractivity (Wildman–Crippen MR) is 125 cm³/mol. The predicted octanol–water partition coefficient (Wildman–Crippen LogP) is 4.92. The molecule has 0 unspecified atom stereocenters. The summed E-state index contributed by atoms with van der Waals surface area (Å²) in [7, 11) is 0. The van der Waals surface area contributed by atoms with Gasteiger partial charge in [0.15, 0.2) is 6.61 Å². The van der Waals surface area contributed by atoms with Gasteiger partial charge in [0, 0.05) is 18.1 Å². The van der Waals surface area contributed by atoms with Crippen LogP contribution in [0.4, 0.5) is 0 Å². The molecule has 0 heterocycles. The maximum absolute atomic E-state index is 13.2. The molecule has 0 aliphatic rings. The van der Waals surface area contributed by atoms with E-state index >= 15 is 0 Å². The molecule has 0 aromatic heterocycles. The summed E-state index contributed by atoms with van der Waals surface area (Å²) in [5.74, 6) is 0.615. The lowest BCUT2D eigenvalue weighted by Gasteiger charge is -2.31. The Labute approximate surface area is 190 Å². The molecule has 0 aliphatic carbocycles. The number of ether oxygens (including phenoxy) is 1. The van der Waals surface area contributed by atoms with Crippen LogP contribution >= 0.6 is 11.6 Å². The van der Waals surface area contributed by atoms with Gasteiger partial charge in [0.05, 0.1) is 0 Å². The molecular weight excluding hydrogens is 412 g/mol. The minimum atomic E-state index is -0.579. The molecule has 0 saturated carbocycles. The highest BCUT2D eigenvalue weighted by atomic mass is 35.5. The van der Waals surface area contributed by atoms with Gasteiger partial charge in [-0.1, -0.05) is 62.2 Å². The third-order valence-electron chi connectivity index (χ3n) is 5.02. The molecule has 31 heavy (non-hydrogen) atoms. The molecular formula is C25H33ClN2O3. The first-order valence-electron chi connectivity index (χ1n) is 10.7. The highest BCUT2D eigenvalue weighted by molar-refractivity contribution is 6.30. The van der Waals surface area contributed by atoms with Crippen molar-refractivity contribution in [2.45, 2.75) is 53.6 Å². The van der Waals surface area contributed by atoms with Gasteiger partial charge in [-0.05, 0) is 55.5 Å². The Morgan fingerprint density at radius 1 is 1.10 bits per heavy atom. The Morgan fingerprint density at radius 2 is 1.77 bits per heavy atom. The number of benzene rings is 2. The molecule has 2 aromatic rings. The summed E-state index contributed by atoms with van der Waals surface area (Å²) >= 11 is 6.00. The lowest BCUT2D eigenvalue weighted by Crippen LogP contribution is -2.50. The fourth-order valence-electron chi connectivity index (χ4n) is 3.31. The molecule has 5 nitrogen and oxygen atoms in total. The zero-order valence-electron chi connectivity index (χ0n) is 19.1. The third kappa shape index (κ3) is 7.59. The van der Waals surface area contributed by atoms with Gasteiger partial charge in [-0.3, -0.25) is 9.59 Å². The molecule has 2 aromatic carbocycles. The molecule has 1 atom stereocenters. The van der Waals surface area contributed by atoms with Crippen LogP contribution in [-0.2, 0) is 16.1 Å². The maximum atomic E-state index is 13.2. The first-order chi connectivity index (χ1) is 14.7. The first kappa shape index (κ1) is 24.7. The van der Waals surface area contributed by atoms with Crippen LogP contribution in [0.15, 0.2) is 42.5 Å². The summed E-state index contributed by atoms with van der Waals surface area (Å²) in [6, 6.07) is 12.6. The molecule has 0 fully saturated rings. The standard InChI is InChI=1S/C25H33ClN2O3/c1-6-22(25(30)27-14-17(2)3)28(15-20-8-10-21(26)11-9-20)24(29)16-31-23-12-7-18(4)13-19(23)5/h7-13,17,22H,6,14-16H2,1-5H3,(H,27,30)/t22-/m0/s1. The van der Waals surface area contributed by atoms with Gasteiger partial charge in [-0.25, -0.2) is 0 Å². The molecule has 168 valence electrons. The van der Waals surface area contributed by atoms with E-state index in [2.05, 4.69) is 5.32 Å². The normalized spacial score (nSPS) is 11.8. The SMILES string of the molecule is CC[C@@H](C(=O)NCC(C)C)N(Cc1ccc(Cl)cc1)C(=O)COc1ccc(C)cc1C. The Bertz CT molecular complexity index is 881. The molecule has 2 rings (SSSR count). The van der Waals surface area contributed by atoms with Gasteiger partial charge in [0.1, 0.15) is 11.8 Å². The van der Waals surface area contributed by atoms with E-state index < -0.39 is 6.04 Å². The Hall–Kier alpha value is -2.53. The fourth-order valence-corrected chi connectivity index (χ4v) is 3.44.